The zero-order chi connectivity index (χ0) is 38.5. The van der Waals surface area contributed by atoms with Crippen molar-refractivity contribution in [2.24, 2.45) is 4.99 Å². The molecular weight excluding hydrogens is 678 g/mol. The lowest BCUT2D eigenvalue weighted by molar-refractivity contribution is 0.444. The van der Waals surface area contributed by atoms with Crippen LogP contribution in [0.5, 0.6) is 5.75 Å². The molecule has 0 atom stereocenters. The van der Waals surface area contributed by atoms with Gasteiger partial charge in [0.15, 0.2) is 0 Å². The average molecular weight is 722 g/mol. The Bertz CT molecular complexity index is 2730. The van der Waals surface area contributed by atoms with E-state index in [4.69, 9.17) is 9.98 Å². The second-order valence-electron chi connectivity index (χ2n) is 16.3. The summed E-state index contributed by atoms with van der Waals surface area (Å²) in [7, 11) is 0. The summed E-state index contributed by atoms with van der Waals surface area (Å²) in [6.45, 7) is 12.9. The van der Waals surface area contributed by atoms with Crippen molar-refractivity contribution >= 4 is 33.7 Å². The van der Waals surface area contributed by atoms with Gasteiger partial charge in [0.1, 0.15) is 17.4 Å². The number of fused-ring (bicyclic) bond motifs is 2. The van der Waals surface area contributed by atoms with Crippen LogP contribution in [0.2, 0.25) is 0 Å². The summed E-state index contributed by atoms with van der Waals surface area (Å²) >= 11 is 0. The molecule has 0 aliphatic rings. The summed E-state index contributed by atoms with van der Waals surface area (Å²) in [6, 6.07) is 48.4. The number of phenolic OH excluding ortho intramolecular Hbond substituents is 1. The number of benzene rings is 7. The molecule has 1 heterocycles. The molecule has 0 amide bonds. The topological polar surface area (TPSA) is 50.4 Å². The first kappa shape index (κ1) is 35.7. The lowest BCUT2D eigenvalue weighted by Crippen LogP contribution is -2.17. The van der Waals surface area contributed by atoms with Crippen molar-refractivity contribution < 1.29 is 9.50 Å². The lowest BCUT2D eigenvalue weighted by atomic mass is 9.79. The smallest absolute Gasteiger partial charge is 0.147 e. The molecule has 0 spiro atoms. The number of imidazole rings is 1. The zero-order valence-electron chi connectivity index (χ0n) is 32.1. The van der Waals surface area contributed by atoms with Crippen LogP contribution >= 0.6 is 0 Å². The van der Waals surface area contributed by atoms with E-state index in [0.29, 0.717) is 5.56 Å². The van der Waals surface area contributed by atoms with Crippen LogP contribution in [-0.4, -0.2) is 20.9 Å². The summed E-state index contributed by atoms with van der Waals surface area (Å²) in [4.78, 5) is 10.5. The Morgan fingerprint density at radius 1 is 0.618 bits per heavy atom. The van der Waals surface area contributed by atoms with Crippen LogP contribution in [0.3, 0.4) is 0 Å². The Labute approximate surface area is 322 Å². The van der Waals surface area contributed by atoms with Gasteiger partial charge in [0.25, 0.3) is 0 Å². The molecule has 0 aliphatic heterocycles. The zero-order valence-corrected chi connectivity index (χ0v) is 32.1. The molecule has 7 aromatic carbocycles. The van der Waals surface area contributed by atoms with Crippen LogP contribution in [0, 0.1) is 5.82 Å². The van der Waals surface area contributed by atoms with Gasteiger partial charge in [-0.2, -0.15) is 0 Å². The molecule has 0 aliphatic carbocycles. The maximum absolute atomic E-state index is 13.6. The van der Waals surface area contributed by atoms with Crippen molar-refractivity contribution in [3.63, 3.8) is 0 Å². The van der Waals surface area contributed by atoms with Crippen molar-refractivity contribution in [2.45, 2.75) is 52.4 Å². The highest BCUT2D eigenvalue weighted by molar-refractivity contribution is 5.99. The molecule has 8 aromatic rings. The van der Waals surface area contributed by atoms with Gasteiger partial charge in [0.2, 0.25) is 0 Å². The highest BCUT2D eigenvalue weighted by atomic mass is 19.1. The molecule has 0 saturated carbocycles. The van der Waals surface area contributed by atoms with Gasteiger partial charge >= 0.3 is 0 Å². The molecule has 8 rings (SSSR count). The van der Waals surface area contributed by atoms with E-state index in [9.17, 15) is 9.50 Å². The molecule has 0 unspecified atom stereocenters. The lowest BCUT2D eigenvalue weighted by Gasteiger charge is -2.27. The Morgan fingerprint density at radius 2 is 1.25 bits per heavy atom. The monoisotopic (exact) mass is 721 g/mol. The normalized spacial score (nSPS) is 12.3. The van der Waals surface area contributed by atoms with E-state index in [-0.39, 0.29) is 22.4 Å². The van der Waals surface area contributed by atoms with E-state index < -0.39 is 0 Å². The Hall–Kier alpha value is -6.33. The van der Waals surface area contributed by atoms with E-state index in [2.05, 4.69) is 131 Å². The van der Waals surface area contributed by atoms with Crippen molar-refractivity contribution in [2.75, 3.05) is 0 Å². The first-order chi connectivity index (χ1) is 26.3. The number of aliphatic imine (C=N–C) groups is 1. The largest absolute Gasteiger partial charge is 0.507 e. The summed E-state index contributed by atoms with van der Waals surface area (Å²) in [5.41, 5.74) is 11.0. The number of phenols is 1. The van der Waals surface area contributed by atoms with Crippen LogP contribution in [0.25, 0.3) is 61.1 Å². The van der Waals surface area contributed by atoms with Crippen LogP contribution in [0.1, 0.15) is 58.2 Å². The minimum atomic E-state index is -0.248. The first-order valence-electron chi connectivity index (χ1n) is 18.7. The third-order valence-corrected chi connectivity index (χ3v) is 10.3. The quantitative estimate of drug-likeness (QED) is 0.174. The molecule has 5 heteroatoms. The standard InChI is InChI=1S/C50H44FN3O/c1-49(2,3)38-29-37(47(55)43(30-38)50(4,5)6)31-52-44-17-11-10-15-42(44)48-53-46-41(16-12-18-45(46)54(48)40-13-8-7-9-14-40)36-22-21-34-27-33(19-20-35(34)28-36)32-23-25-39(51)26-24-32/h7-31,55H,1-6H3. The van der Waals surface area contributed by atoms with Crippen LogP contribution in [0.15, 0.2) is 151 Å². The van der Waals surface area contributed by atoms with Gasteiger partial charge in [-0.3, -0.25) is 9.56 Å². The highest BCUT2D eigenvalue weighted by Gasteiger charge is 2.25. The molecule has 4 nitrogen and oxygen atoms in total. The van der Waals surface area contributed by atoms with E-state index >= 15 is 0 Å². The van der Waals surface area contributed by atoms with Crippen molar-refractivity contribution in [1.82, 2.24) is 9.55 Å². The Balaban J connectivity index is 1.26. The van der Waals surface area contributed by atoms with E-state index in [0.717, 1.165) is 77.9 Å². The Kier molecular flexibility index (Phi) is 8.97. The number of para-hydroxylation sites is 3. The molecular formula is C50H44FN3O. The minimum Gasteiger partial charge on any atom is -0.507 e. The molecule has 0 bridgehead atoms. The van der Waals surface area contributed by atoms with Crippen molar-refractivity contribution in [1.29, 1.82) is 0 Å². The number of aromatic hydroxyl groups is 1. The van der Waals surface area contributed by atoms with Crippen LogP contribution in [-0.2, 0) is 10.8 Å². The van der Waals surface area contributed by atoms with Gasteiger partial charge in [-0.25, -0.2) is 9.37 Å². The fourth-order valence-electron chi connectivity index (χ4n) is 7.26. The molecule has 55 heavy (non-hydrogen) atoms. The molecule has 0 saturated heterocycles. The first-order valence-corrected chi connectivity index (χ1v) is 18.7. The number of aromatic nitrogens is 2. The summed E-state index contributed by atoms with van der Waals surface area (Å²) in [5.74, 6) is 0.786. The SMILES string of the molecule is CC(C)(C)c1cc(C=Nc2ccccc2-c2nc3c(-c4ccc5cc(-c6ccc(F)cc6)ccc5c4)cccc3n2-c2ccccc2)c(O)c(C(C)(C)C)c1. The fourth-order valence-corrected chi connectivity index (χ4v) is 7.26. The maximum Gasteiger partial charge on any atom is 0.147 e. The number of hydrogen-bond donors (Lipinski definition) is 1. The van der Waals surface area contributed by atoms with Gasteiger partial charge in [-0.15, -0.1) is 0 Å². The predicted molar refractivity (Wildman–Crippen MR) is 228 cm³/mol. The second kappa shape index (κ2) is 13.8. The predicted octanol–water partition coefficient (Wildman–Crippen LogP) is 13.4. The van der Waals surface area contributed by atoms with Crippen LogP contribution < -0.4 is 0 Å². The number of hydrogen-bond acceptors (Lipinski definition) is 3. The number of halogens is 1. The van der Waals surface area contributed by atoms with E-state index in [1.807, 2.05) is 48.5 Å². The summed E-state index contributed by atoms with van der Waals surface area (Å²) < 4.78 is 15.8. The van der Waals surface area contributed by atoms with Gasteiger partial charge in [-0.1, -0.05) is 126 Å². The molecule has 1 N–H and O–H groups in total. The average Bonchev–Trinajstić information content (AvgIpc) is 3.57. The van der Waals surface area contributed by atoms with Gasteiger partial charge in [0.05, 0.1) is 16.7 Å². The molecule has 272 valence electrons. The third kappa shape index (κ3) is 6.94. The molecule has 1 aromatic heterocycles. The van der Waals surface area contributed by atoms with Gasteiger partial charge < -0.3 is 5.11 Å². The summed E-state index contributed by atoms with van der Waals surface area (Å²) in [6.07, 6.45) is 1.79. The van der Waals surface area contributed by atoms with Gasteiger partial charge in [-0.05, 0) is 105 Å². The third-order valence-electron chi connectivity index (χ3n) is 10.3. The van der Waals surface area contributed by atoms with Crippen molar-refractivity contribution in [3.8, 4) is 45.1 Å². The minimum absolute atomic E-state index is 0.107. The van der Waals surface area contributed by atoms with Crippen molar-refractivity contribution in [3.05, 3.63) is 168 Å². The van der Waals surface area contributed by atoms with Gasteiger partial charge in [0, 0.05) is 34.2 Å². The highest BCUT2D eigenvalue weighted by Crippen LogP contribution is 2.40. The summed E-state index contributed by atoms with van der Waals surface area (Å²) in [5, 5.41) is 13.7. The number of rotatable bonds is 6. The molecule has 0 fully saturated rings. The number of nitrogens with zero attached hydrogens (tertiary/aromatic N) is 3. The molecule has 0 radical (unpaired) electrons. The fraction of sp³-hybridized carbons (Fsp3) is 0.160. The van der Waals surface area contributed by atoms with E-state index in [1.165, 1.54) is 12.1 Å². The maximum atomic E-state index is 13.6. The second-order valence-corrected chi connectivity index (χ2v) is 16.3. The Morgan fingerprint density at radius 3 is 1.96 bits per heavy atom. The van der Waals surface area contributed by atoms with E-state index in [1.54, 1.807) is 6.21 Å². The van der Waals surface area contributed by atoms with Crippen LogP contribution in [0.4, 0.5) is 10.1 Å².